The normalized spacial score (nSPS) is 16.0. The molecule has 0 saturated carbocycles. The van der Waals surface area contributed by atoms with Crippen LogP contribution in [0.4, 0.5) is 5.13 Å². The van der Waals surface area contributed by atoms with E-state index < -0.39 is 0 Å². The first-order chi connectivity index (χ1) is 12.0. The van der Waals surface area contributed by atoms with E-state index in [1.54, 1.807) is 16.2 Å². The van der Waals surface area contributed by atoms with Crippen LogP contribution >= 0.6 is 46.7 Å². The van der Waals surface area contributed by atoms with Crippen molar-refractivity contribution >= 4 is 74.0 Å². The predicted molar refractivity (Wildman–Crippen MR) is 107 cm³/mol. The molecular formula is C15H14N4O2S4. The van der Waals surface area contributed by atoms with E-state index in [0.717, 1.165) is 9.88 Å². The monoisotopic (exact) mass is 410 g/mol. The molecule has 10 heteroatoms. The molecule has 0 unspecified atom stereocenters. The van der Waals surface area contributed by atoms with Gasteiger partial charge in [-0.15, -0.1) is 21.5 Å². The van der Waals surface area contributed by atoms with Crippen LogP contribution in [0, 0.1) is 6.92 Å². The summed E-state index contributed by atoms with van der Waals surface area (Å²) < 4.78 is 0.535. The highest BCUT2D eigenvalue weighted by molar-refractivity contribution is 8.26. The molecule has 1 N–H and O–H groups in total. The number of nitrogens with one attached hydrogen (secondary N) is 1. The van der Waals surface area contributed by atoms with Gasteiger partial charge in [-0.25, -0.2) is 0 Å². The largest absolute Gasteiger partial charge is 0.301 e. The summed E-state index contributed by atoms with van der Waals surface area (Å²) >= 11 is 9.49. The maximum atomic E-state index is 12.4. The first kappa shape index (κ1) is 18.2. The summed E-state index contributed by atoms with van der Waals surface area (Å²) in [4.78, 5) is 27.6. The number of thioether (sulfide) groups is 1. The maximum Gasteiger partial charge on any atom is 0.266 e. The highest BCUT2D eigenvalue weighted by Gasteiger charge is 2.31. The first-order valence-electron chi connectivity index (χ1n) is 7.42. The Labute approximate surface area is 162 Å². The fraction of sp³-hybridized carbons (Fsp3) is 0.267. The van der Waals surface area contributed by atoms with Crippen molar-refractivity contribution < 1.29 is 9.59 Å². The van der Waals surface area contributed by atoms with Crippen molar-refractivity contribution in [2.45, 2.75) is 19.8 Å². The van der Waals surface area contributed by atoms with Crippen LogP contribution in [0.2, 0.25) is 0 Å². The van der Waals surface area contributed by atoms with E-state index in [1.165, 1.54) is 23.1 Å². The quantitative estimate of drug-likeness (QED) is 0.580. The zero-order valence-corrected chi connectivity index (χ0v) is 16.5. The van der Waals surface area contributed by atoms with Crippen molar-refractivity contribution in [3.63, 3.8) is 0 Å². The first-order valence-corrected chi connectivity index (χ1v) is 10.3. The molecule has 3 heterocycles. The minimum Gasteiger partial charge on any atom is -0.301 e. The maximum absolute atomic E-state index is 12.4. The summed E-state index contributed by atoms with van der Waals surface area (Å²) in [5, 5.41) is 13.7. The SMILES string of the molecule is Cc1nnc(NC(=O)CCCN2C(=O)/C(=C/c3cccs3)SC2=S)s1. The van der Waals surface area contributed by atoms with E-state index in [4.69, 9.17) is 12.2 Å². The number of hydrogen-bond acceptors (Lipinski definition) is 8. The molecule has 0 spiro atoms. The molecule has 25 heavy (non-hydrogen) atoms. The Balaban J connectivity index is 1.50. The van der Waals surface area contributed by atoms with Crippen molar-refractivity contribution in [3.05, 3.63) is 32.3 Å². The molecule has 6 nitrogen and oxygen atoms in total. The summed E-state index contributed by atoms with van der Waals surface area (Å²) in [5.41, 5.74) is 0. The third-order valence-corrected chi connectivity index (χ3v) is 6.20. The van der Waals surface area contributed by atoms with Crippen molar-refractivity contribution in [2.24, 2.45) is 0 Å². The number of hydrogen-bond donors (Lipinski definition) is 1. The van der Waals surface area contributed by atoms with Crippen LogP contribution in [0.1, 0.15) is 22.7 Å². The molecule has 1 fully saturated rings. The number of anilines is 1. The van der Waals surface area contributed by atoms with Gasteiger partial charge in [-0.3, -0.25) is 14.5 Å². The zero-order chi connectivity index (χ0) is 17.8. The second-order valence-electron chi connectivity index (χ2n) is 5.13. The second kappa shape index (κ2) is 8.17. The molecule has 1 aliphatic heterocycles. The van der Waals surface area contributed by atoms with E-state index in [1.807, 2.05) is 30.5 Å². The molecule has 1 aliphatic rings. The van der Waals surface area contributed by atoms with E-state index in [9.17, 15) is 9.59 Å². The minimum atomic E-state index is -0.143. The molecule has 2 aromatic rings. The molecule has 0 bridgehead atoms. The number of thiocarbonyl (C=S) groups is 1. The average Bonchev–Trinajstić information content (AvgIpc) is 3.26. The van der Waals surface area contributed by atoms with Gasteiger partial charge in [0.25, 0.3) is 5.91 Å². The standard InChI is InChI=1S/C15H14N4O2S4/c1-9-17-18-14(24-9)16-12(20)5-2-6-19-13(21)11(25-15(19)22)8-10-4-3-7-23-10/h3-4,7-8H,2,5-6H2,1H3,(H,16,18,20)/b11-8-. The number of thiophene rings is 1. The van der Waals surface area contributed by atoms with Gasteiger partial charge >= 0.3 is 0 Å². The van der Waals surface area contributed by atoms with Gasteiger partial charge in [0.1, 0.15) is 9.33 Å². The fourth-order valence-corrected chi connectivity index (χ4v) is 4.76. The third-order valence-electron chi connectivity index (χ3n) is 3.25. The second-order valence-corrected chi connectivity index (χ2v) is 8.96. The smallest absolute Gasteiger partial charge is 0.266 e. The van der Waals surface area contributed by atoms with E-state index in [0.29, 0.717) is 33.7 Å². The summed E-state index contributed by atoms with van der Waals surface area (Å²) in [6.45, 7) is 2.25. The summed E-state index contributed by atoms with van der Waals surface area (Å²) in [7, 11) is 0. The predicted octanol–water partition coefficient (Wildman–Crippen LogP) is 3.53. The molecule has 2 amide bonds. The molecule has 0 radical (unpaired) electrons. The van der Waals surface area contributed by atoms with Gasteiger partial charge in [-0.05, 0) is 30.9 Å². The number of aromatic nitrogens is 2. The van der Waals surface area contributed by atoms with Gasteiger partial charge in [-0.1, -0.05) is 41.4 Å². The number of amides is 2. The zero-order valence-electron chi connectivity index (χ0n) is 13.2. The van der Waals surface area contributed by atoms with Crippen molar-refractivity contribution in [1.82, 2.24) is 15.1 Å². The number of aryl methyl sites for hydroxylation is 1. The minimum absolute atomic E-state index is 0.0939. The Morgan fingerprint density at radius 1 is 1.44 bits per heavy atom. The lowest BCUT2D eigenvalue weighted by Gasteiger charge is -2.13. The number of rotatable bonds is 6. The number of carbonyl (C=O) groups is 2. The fourth-order valence-electron chi connectivity index (χ4n) is 2.12. The van der Waals surface area contributed by atoms with Crippen LogP contribution in [0.15, 0.2) is 22.4 Å². The summed E-state index contributed by atoms with van der Waals surface area (Å²) in [6.07, 6.45) is 2.68. The van der Waals surface area contributed by atoms with Gasteiger partial charge in [0.05, 0.1) is 4.91 Å². The molecule has 3 rings (SSSR count). The Morgan fingerprint density at radius 3 is 2.96 bits per heavy atom. The van der Waals surface area contributed by atoms with E-state index >= 15 is 0 Å². The third kappa shape index (κ3) is 4.72. The van der Waals surface area contributed by atoms with Crippen molar-refractivity contribution in [2.75, 3.05) is 11.9 Å². The molecule has 0 aromatic carbocycles. The molecule has 0 aliphatic carbocycles. The van der Waals surface area contributed by atoms with Gasteiger partial charge in [0, 0.05) is 17.8 Å². The van der Waals surface area contributed by atoms with Crippen LogP contribution in [0.5, 0.6) is 0 Å². The lowest BCUT2D eigenvalue weighted by atomic mass is 10.2. The van der Waals surface area contributed by atoms with Crippen LogP contribution in [0.25, 0.3) is 6.08 Å². The molecule has 130 valence electrons. The van der Waals surface area contributed by atoms with Gasteiger partial charge in [0.15, 0.2) is 0 Å². The number of nitrogens with zero attached hydrogens (tertiary/aromatic N) is 3. The highest BCUT2D eigenvalue weighted by Crippen LogP contribution is 2.33. The van der Waals surface area contributed by atoms with Crippen molar-refractivity contribution in [3.8, 4) is 0 Å². The lowest BCUT2D eigenvalue weighted by molar-refractivity contribution is -0.122. The molecule has 2 aromatic heterocycles. The summed E-state index contributed by atoms with van der Waals surface area (Å²) in [5.74, 6) is -0.237. The van der Waals surface area contributed by atoms with Gasteiger partial charge < -0.3 is 5.32 Å². The Kier molecular flexibility index (Phi) is 5.94. The number of carbonyl (C=O) groups excluding carboxylic acids is 2. The lowest BCUT2D eigenvalue weighted by Crippen LogP contribution is -2.29. The average molecular weight is 411 g/mol. The van der Waals surface area contributed by atoms with E-state index in [-0.39, 0.29) is 11.8 Å². The van der Waals surface area contributed by atoms with E-state index in [2.05, 4.69) is 15.5 Å². The van der Waals surface area contributed by atoms with Crippen molar-refractivity contribution in [1.29, 1.82) is 0 Å². The molecule has 0 atom stereocenters. The van der Waals surface area contributed by atoms with Gasteiger partial charge in [0.2, 0.25) is 11.0 Å². The van der Waals surface area contributed by atoms with Crippen LogP contribution in [-0.2, 0) is 9.59 Å². The topological polar surface area (TPSA) is 75.2 Å². The molecule has 1 saturated heterocycles. The summed E-state index contributed by atoms with van der Waals surface area (Å²) in [6, 6.07) is 3.89. The Bertz CT molecular complexity index is 828. The van der Waals surface area contributed by atoms with Gasteiger partial charge in [-0.2, -0.15) is 0 Å². The van der Waals surface area contributed by atoms with Crippen LogP contribution in [0.3, 0.4) is 0 Å². The molecular weight excluding hydrogens is 396 g/mol. The highest BCUT2D eigenvalue weighted by atomic mass is 32.2. The Hall–Kier alpha value is -1.62. The van der Waals surface area contributed by atoms with Crippen LogP contribution in [-0.4, -0.2) is 37.8 Å². The Morgan fingerprint density at radius 2 is 2.28 bits per heavy atom. The van der Waals surface area contributed by atoms with Crippen LogP contribution < -0.4 is 5.32 Å².